The highest BCUT2D eigenvalue weighted by Gasteiger charge is 2.38. The van der Waals surface area contributed by atoms with Gasteiger partial charge in [-0.3, -0.25) is 14.9 Å². The van der Waals surface area contributed by atoms with E-state index < -0.39 is 30.1 Å². The molecule has 3 atom stereocenters. The maximum Gasteiger partial charge on any atom is 0.326 e. The molecule has 2 fully saturated rings. The van der Waals surface area contributed by atoms with Gasteiger partial charge in [-0.2, -0.15) is 0 Å². The maximum absolute atomic E-state index is 14.3. The van der Waals surface area contributed by atoms with E-state index in [9.17, 15) is 29.0 Å². The number of hydrogen-bond acceptors (Lipinski definition) is 11. The highest BCUT2D eigenvalue weighted by atomic mass is 79.9. The number of nitrogens with one attached hydrogen (secondary N) is 2. The number of fused-ring (bicyclic) bond motifs is 1. The number of carbonyl (C=O) groups excluding carboxylic acids is 1. The Hall–Kier alpha value is -4.90. The molecular formula is C43H55BrFN7O7. The van der Waals surface area contributed by atoms with Gasteiger partial charge in [0.2, 0.25) is 5.91 Å². The number of aromatic nitrogens is 2. The minimum Gasteiger partial charge on any atom is -0.493 e. The van der Waals surface area contributed by atoms with Crippen molar-refractivity contribution in [1.29, 1.82) is 0 Å². The summed E-state index contributed by atoms with van der Waals surface area (Å²) in [6.45, 7) is 3.71. The van der Waals surface area contributed by atoms with Gasteiger partial charge >= 0.3 is 11.9 Å². The molecule has 0 saturated carbocycles. The molecule has 3 heterocycles. The van der Waals surface area contributed by atoms with E-state index in [1.807, 2.05) is 42.5 Å². The zero-order chi connectivity index (χ0) is 42.3. The number of nitrogens with zero attached hydrogens (tertiary/aromatic N) is 4. The highest BCUT2D eigenvalue weighted by Crippen LogP contribution is 2.36. The number of carboxylic acid groups (broad SMARTS) is 2. The van der Waals surface area contributed by atoms with Crippen LogP contribution in [-0.2, 0) is 20.8 Å². The molecule has 1 aromatic heterocycles. The monoisotopic (exact) mass is 879 g/mol. The number of methoxy groups -OCH3 is 1. The van der Waals surface area contributed by atoms with Gasteiger partial charge < -0.3 is 40.5 Å². The van der Waals surface area contributed by atoms with Crippen molar-refractivity contribution in [1.82, 2.24) is 25.1 Å². The van der Waals surface area contributed by atoms with Gasteiger partial charge in [0.05, 0.1) is 31.0 Å². The average molecular weight is 881 g/mol. The van der Waals surface area contributed by atoms with Crippen molar-refractivity contribution in [3.05, 3.63) is 82.8 Å². The Morgan fingerprint density at radius 1 is 0.966 bits per heavy atom. The third-order valence-electron chi connectivity index (χ3n) is 10.7. The predicted molar refractivity (Wildman–Crippen MR) is 228 cm³/mol. The van der Waals surface area contributed by atoms with Crippen molar-refractivity contribution in [3.63, 3.8) is 0 Å². The summed E-state index contributed by atoms with van der Waals surface area (Å²) < 4.78 is 26.6. The summed E-state index contributed by atoms with van der Waals surface area (Å²) in [6, 6.07) is 15.6. The number of rotatable bonds is 18. The van der Waals surface area contributed by atoms with Crippen molar-refractivity contribution in [3.8, 4) is 11.5 Å². The normalized spacial score (nSPS) is 16.8. The van der Waals surface area contributed by atoms with Crippen LogP contribution in [0.3, 0.4) is 0 Å². The van der Waals surface area contributed by atoms with Gasteiger partial charge in [0.25, 0.3) is 0 Å². The zero-order valence-corrected chi connectivity index (χ0v) is 35.2. The molecular weight excluding hydrogens is 825 g/mol. The SMILES string of the molecule is COc1cc2c(Nc3ccc(Br)cc3F)ncnc2cc1OCC1CCN(C)CC1.NCCCC[C@H](N[C@@H](CCc1ccccc1)C(=O)O)C(=O)N1CCC[C@H]1C(=O)O. The number of benzene rings is 3. The first-order chi connectivity index (χ1) is 28.5. The molecule has 0 aliphatic carbocycles. The van der Waals surface area contributed by atoms with E-state index in [4.69, 9.17) is 15.2 Å². The first kappa shape index (κ1) is 45.2. The minimum absolute atomic E-state index is 0.333. The number of halogens is 2. The molecule has 2 aliphatic heterocycles. The molecule has 318 valence electrons. The van der Waals surface area contributed by atoms with E-state index in [0.29, 0.717) is 97.1 Å². The fraction of sp³-hybridized carbons (Fsp3) is 0.465. The van der Waals surface area contributed by atoms with Crippen LogP contribution in [0.2, 0.25) is 0 Å². The van der Waals surface area contributed by atoms with Gasteiger partial charge in [0.1, 0.15) is 30.0 Å². The summed E-state index contributed by atoms with van der Waals surface area (Å²) in [5, 5.41) is 25.8. The van der Waals surface area contributed by atoms with Crippen LogP contribution in [0.15, 0.2) is 71.5 Å². The smallest absolute Gasteiger partial charge is 0.326 e. The zero-order valence-electron chi connectivity index (χ0n) is 33.6. The number of aliphatic carboxylic acids is 2. The Morgan fingerprint density at radius 2 is 1.73 bits per heavy atom. The molecule has 3 aromatic carbocycles. The largest absolute Gasteiger partial charge is 0.493 e. The van der Waals surface area contributed by atoms with E-state index in [1.54, 1.807) is 19.2 Å². The number of piperidine rings is 1. The Labute approximate surface area is 352 Å². The van der Waals surface area contributed by atoms with Crippen molar-refractivity contribution in [2.45, 2.75) is 75.9 Å². The summed E-state index contributed by atoms with van der Waals surface area (Å²) in [5.41, 5.74) is 7.61. The third-order valence-corrected chi connectivity index (χ3v) is 11.2. The van der Waals surface area contributed by atoms with Gasteiger partial charge in [-0.15, -0.1) is 0 Å². The topological polar surface area (TPSA) is 192 Å². The molecule has 0 unspecified atom stereocenters. The summed E-state index contributed by atoms with van der Waals surface area (Å²) in [6.07, 6.45) is 7.47. The molecule has 14 nitrogen and oxygen atoms in total. The Morgan fingerprint density at radius 3 is 2.41 bits per heavy atom. The maximum atomic E-state index is 14.3. The van der Waals surface area contributed by atoms with Crippen LogP contribution in [0.1, 0.15) is 56.9 Å². The van der Waals surface area contributed by atoms with Crippen LogP contribution in [-0.4, -0.2) is 113 Å². The number of unbranched alkanes of at least 4 members (excludes halogenated alkanes) is 1. The summed E-state index contributed by atoms with van der Waals surface area (Å²) in [5.74, 6) is -0.456. The molecule has 2 aliphatic rings. The highest BCUT2D eigenvalue weighted by molar-refractivity contribution is 9.10. The van der Waals surface area contributed by atoms with E-state index in [1.165, 1.54) is 17.3 Å². The number of anilines is 2. The quantitative estimate of drug-likeness (QED) is 0.0707. The van der Waals surface area contributed by atoms with Crippen molar-refractivity contribution in [2.75, 3.05) is 52.3 Å². The second-order valence-electron chi connectivity index (χ2n) is 15.0. The molecule has 2 saturated heterocycles. The second-order valence-corrected chi connectivity index (χ2v) is 15.9. The number of likely N-dealkylation sites (tertiary alicyclic amines) is 2. The van der Waals surface area contributed by atoms with E-state index in [2.05, 4.69) is 48.5 Å². The van der Waals surface area contributed by atoms with E-state index >= 15 is 0 Å². The molecule has 6 N–H and O–H groups in total. The van der Waals surface area contributed by atoms with Gasteiger partial charge in [0, 0.05) is 22.5 Å². The van der Waals surface area contributed by atoms with Gasteiger partial charge in [-0.1, -0.05) is 52.7 Å². The number of aryl methyl sites for hydroxylation is 1. The lowest BCUT2D eigenvalue weighted by Gasteiger charge is -2.29. The van der Waals surface area contributed by atoms with Crippen LogP contribution >= 0.6 is 15.9 Å². The molecule has 0 bridgehead atoms. The molecule has 16 heteroatoms. The Bertz CT molecular complexity index is 2000. The number of carbonyl (C=O) groups is 3. The molecule has 0 radical (unpaired) electrons. The summed E-state index contributed by atoms with van der Waals surface area (Å²) in [4.78, 5) is 48.7. The van der Waals surface area contributed by atoms with Gasteiger partial charge in [0.15, 0.2) is 11.5 Å². The van der Waals surface area contributed by atoms with Crippen LogP contribution in [0.4, 0.5) is 15.9 Å². The number of carboxylic acids is 2. The van der Waals surface area contributed by atoms with Crippen molar-refractivity contribution in [2.24, 2.45) is 11.7 Å². The van der Waals surface area contributed by atoms with E-state index in [-0.39, 0.29) is 11.7 Å². The third kappa shape index (κ3) is 13.0. The molecule has 59 heavy (non-hydrogen) atoms. The van der Waals surface area contributed by atoms with E-state index in [0.717, 1.165) is 43.3 Å². The Balaban J connectivity index is 0.000000224. The van der Waals surface area contributed by atoms with Crippen LogP contribution in [0.25, 0.3) is 10.9 Å². The standard InChI is InChI=1S/C22H24BrFN4O2.C21H31N3O5/c1-28-7-5-14(6-8-28)12-30-21-11-19-16(10-20(21)29-2)22(26-13-25-19)27-18-4-3-15(23)9-17(18)24;22-13-5-4-9-16(19(25)24-14-6-10-18(24)21(28)29)23-17(20(26)27)12-11-15-7-2-1-3-8-15/h3-4,9-11,13-14H,5-8,12H2,1-2H3,(H,25,26,27);1-3,7-8,16-18,23H,4-6,9-14,22H2,(H,26,27)(H,28,29)/t;16-,17-,18-/m.0/s1. The first-order valence-electron chi connectivity index (χ1n) is 20.1. The molecule has 4 aromatic rings. The lowest BCUT2D eigenvalue weighted by molar-refractivity contribution is -0.149. The van der Waals surface area contributed by atoms with Crippen molar-refractivity contribution >= 4 is 56.2 Å². The van der Waals surface area contributed by atoms with Gasteiger partial charge in [-0.05, 0) is 114 Å². The number of nitrogens with two attached hydrogens (primary N) is 1. The Kier molecular flexibility index (Phi) is 17.2. The number of hydrogen-bond donors (Lipinski definition) is 5. The van der Waals surface area contributed by atoms with Crippen LogP contribution in [0, 0.1) is 11.7 Å². The average Bonchev–Trinajstić information content (AvgIpc) is 3.73. The minimum atomic E-state index is -1.02. The second kappa shape index (κ2) is 22.5. The first-order valence-corrected chi connectivity index (χ1v) is 20.9. The molecule has 1 amide bonds. The van der Waals surface area contributed by atoms with Gasteiger partial charge in [-0.25, -0.2) is 19.2 Å². The number of ether oxygens (including phenoxy) is 2. The fourth-order valence-electron chi connectivity index (χ4n) is 7.33. The number of amides is 1. The lowest BCUT2D eigenvalue weighted by Crippen LogP contribution is -2.54. The summed E-state index contributed by atoms with van der Waals surface area (Å²) >= 11 is 3.27. The molecule has 0 spiro atoms. The molecule has 6 rings (SSSR count). The fourth-order valence-corrected chi connectivity index (χ4v) is 7.66. The predicted octanol–water partition coefficient (Wildman–Crippen LogP) is 6.24. The van der Waals surface area contributed by atoms with Crippen LogP contribution < -0.4 is 25.8 Å². The summed E-state index contributed by atoms with van der Waals surface area (Å²) in [7, 11) is 3.75. The van der Waals surface area contributed by atoms with Crippen LogP contribution in [0.5, 0.6) is 11.5 Å². The lowest BCUT2D eigenvalue weighted by atomic mass is 9.98. The van der Waals surface area contributed by atoms with Crippen molar-refractivity contribution < 1.29 is 38.5 Å².